The van der Waals surface area contributed by atoms with Crippen molar-refractivity contribution >= 4 is 23.3 Å². The molecule has 1 atom stereocenters. The Labute approximate surface area is 184 Å². The van der Waals surface area contributed by atoms with Crippen LogP contribution in [0.25, 0.3) is 5.69 Å². The Morgan fingerprint density at radius 2 is 1.68 bits per heavy atom. The van der Waals surface area contributed by atoms with Crippen LogP contribution in [0.3, 0.4) is 0 Å². The van der Waals surface area contributed by atoms with Crippen LogP contribution in [0.1, 0.15) is 22.9 Å². The van der Waals surface area contributed by atoms with Crippen LogP contribution in [-0.4, -0.2) is 15.5 Å². The molecule has 4 nitrogen and oxygen atoms in total. The van der Waals surface area contributed by atoms with E-state index in [1.54, 1.807) is 23.1 Å². The number of aromatic nitrogens is 1. The van der Waals surface area contributed by atoms with E-state index in [9.17, 15) is 9.18 Å². The van der Waals surface area contributed by atoms with E-state index in [0.717, 1.165) is 22.5 Å². The Morgan fingerprint density at radius 1 is 0.935 bits per heavy atom. The minimum absolute atomic E-state index is 0.137. The molecule has 0 saturated heterocycles. The maximum atomic E-state index is 14.3. The topological polar surface area (TPSA) is 37.3 Å². The van der Waals surface area contributed by atoms with Crippen molar-refractivity contribution in [2.45, 2.75) is 12.6 Å². The Balaban J connectivity index is 1.66. The summed E-state index contributed by atoms with van der Waals surface area (Å²) < 4.78 is 16.3. The molecule has 2 heterocycles. The normalized spacial score (nSPS) is 15.0. The van der Waals surface area contributed by atoms with Crippen molar-refractivity contribution in [3.63, 3.8) is 0 Å². The van der Waals surface area contributed by atoms with E-state index in [4.69, 9.17) is 11.6 Å². The van der Waals surface area contributed by atoms with E-state index in [2.05, 4.69) is 9.88 Å². The van der Waals surface area contributed by atoms with Crippen molar-refractivity contribution in [2.75, 3.05) is 5.32 Å². The third kappa shape index (κ3) is 3.47. The zero-order valence-electron chi connectivity index (χ0n) is 16.5. The van der Waals surface area contributed by atoms with Crippen molar-refractivity contribution < 1.29 is 9.18 Å². The summed E-state index contributed by atoms with van der Waals surface area (Å²) in [6.45, 7) is 0.341. The van der Waals surface area contributed by atoms with Crippen molar-refractivity contribution in [1.82, 2.24) is 9.47 Å². The molecule has 5 rings (SSSR count). The molecular weight excluding hydrogens is 413 g/mol. The molecule has 3 aromatic carbocycles. The van der Waals surface area contributed by atoms with Crippen LogP contribution in [0, 0.1) is 5.82 Å². The number of carbonyl (C=O) groups excluding carboxylic acids is 1. The molecule has 0 bridgehead atoms. The molecular formula is C25H19ClFN3O. The predicted octanol–water partition coefficient (Wildman–Crippen LogP) is 6.41. The summed E-state index contributed by atoms with van der Waals surface area (Å²) in [6.07, 6.45) is 1.98. The SMILES string of the molecule is O=C(Nc1ccccc1F)N1Cc2ccccc2-n2cccc2[C@H]1c1ccccc1Cl. The van der Waals surface area contributed by atoms with Gasteiger partial charge in [-0.1, -0.05) is 60.1 Å². The van der Waals surface area contributed by atoms with Gasteiger partial charge in [0.2, 0.25) is 0 Å². The van der Waals surface area contributed by atoms with Crippen LogP contribution < -0.4 is 5.32 Å². The van der Waals surface area contributed by atoms with Crippen LogP contribution in [-0.2, 0) is 6.54 Å². The average Bonchev–Trinajstić information content (AvgIpc) is 3.21. The largest absolute Gasteiger partial charge is 0.323 e. The first-order valence-electron chi connectivity index (χ1n) is 9.95. The lowest BCUT2D eigenvalue weighted by molar-refractivity contribution is 0.194. The van der Waals surface area contributed by atoms with Gasteiger partial charge in [-0.2, -0.15) is 0 Å². The van der Waals surface area contributed by atoms with Crippen molar-refractivity contribution in [2.24, 2.45) is 0 Å². The highest BCUT2D eigenvalue weighted by molar-refractivity contribution is 6.31. The highest BCUT2D eigenvalue weighted by Gasteiger charge is 2.34. The second-order valence-electron chi connectivity index (χ2n) is 7.39. The fourth-order valence-corrected chi connectivity index (χ4v) is 4.35. The molecule has 0 spiro atoms. The molecule has 1 aliphatic rings. The Kier molecular flexibility index (Phi) is 4.96. The molecule has 1 N–H and O–H groups in total. The zero-order chi connectivity index (χ0) is 21.4. The summed E-state index contributed by atoms with van der Waals surface area (Å²) in [5.74, 6) is -0.483. The summed E-state index contributed by atoms with van der Waals surface area (Å²) in [5, 5.41) is 3.31. The standard InChI is InChI=1S/C25H19ClFN3O/c26-19-10-3-2-9-18(19)24-23-14-7-15-29(23)22-13-6-1-8-17(22)16-30(24)25(31)28-21-12-5-4-11-20(21)27/h1-15,24H,16H2,(H,28,31)/t24-/m1/s1. The van der Waals surface area contributed by atoms with Gasteiger partial charge in [0.25, 0.3) is 0 Å². The molecule has 2 amide bonds. The maximum absolute atomic E-state index is 14.3. The summed E-state index contributed by atoms with van der Waals surface area (Å²) in [6, 6.07) is 24.7. The minimum Gasteiger partial charge on any atom is -0.318 e. The van der Waals surface area contributed by atoms with E-state index < -0.39 is 17.9 Å². The van der Waals surface area contributed by atoms with Crippen molar-refractivity contribution in [3.8, 4) is 5.69 Å². The zero-order valence-corrected chi connectivity index (χ0v) is 17.3. The fraction of sp³-hybridized carbons (Fsp3) is 0.0800. The molecule has 0 radical (unpaired) electrons. The first-order chi connectivity index (χ1) is 15.1. The molecule has 0 fully saturated rings. The van der Waals surface area contributed by atoms with Gasteiger partial charge in [-0.15, -0.1) is 0 Å². The number of hydrogen-bond acceptors (Lipinski definition) is 1. The molecule has 1 aliphatic heterocycles. The number of fused-ring (bicyclic) bond motifs is 3. The minimum atomic E-state index is -0.483. The third-order valence-corrected chi connectivity index (χ3v) is 5.88. The first kappa shape index (κ1) is 19.4. The van der Waals surface area contributed by atoms with Gasteiger partial charge < -0.3 is 14.8 Å². The number of amides is 2. The molecule has 0 saturated carbocycles. The smallest absolute Gasteiger partial charge is 0.318 e. The molecule has 31 heavy (non-hydrogen) atoms. The quantitative estimate of drug-likeness (QED) is 0.391. The average molecular weight is 432 g/mol. The number of benzene rings is 3. The number of urea groups is 1. The van der Waals surface area contributed by atoms with E-state index in [-0.39, 0.29) is 5.69 Å². The molecule has 0 aliphatic carbocycles. The van der Waals surface area contributed by atoms with E-state index in [0.29, 0.717) is 11.6 Å². The molecule has 6 heteroatoms. The lowest BCUT2D eigenvalue weighted by atomic mass is 10.0. The summed E-state index contributed by atoms with van der Waals surface area (Å²) in [5.41, 5.74) is 3.83. The molecule has 1 aromatic heterocycles. The predicted molar refractivity (Wildman–Crippen MR) is 120 cm³/mol. The Bertz CT molecular complexity index is 1270. The number of anilines is 1. The Hall–Kier alpha value is -3.57. The van der Waals surface area contributed by atoms with Crippen LogP contribution in [0.15, 0.2) is 91.1 Å². The van der Waals surface area contributed by atoms with Crippen molar-refractivity contribution in [3.05, 3.63) is 119 Å². The number of para-hydroxylation sites is 2. The number of rotatable bonds is 2. The van der Waals surface area contributed by atoms with Crippen LogP contribution in [0.2, 0.25) is 5.02 Å². The highest BCUT2D eigenvalue weighted by atomic mass is 35.5. The monoisotopic (exact) mass is 431 g/mol. The number of carbonyl (C=O) groups is 1. The highest BCUT2D eigenvalue weighted by Crippen LogP contribution is 2.39. The van der Waals surface area contributed by atoms with Gasteiger partial charge in [-0.05, 0) is 47.5 Å². The maximum Gasteiger partial charge on any atom is 0.323 e. The summed E-state index contributed by atoms with van der Waals surface area (Å²) >= 11 is 6.58. The number of nitrogens with one attached hydrogen (secondary N) is 1. The number of nitrogens with zero attached hydrogens (tertiary/aromatic N) is 2. The number of hydrogen-bond donors (Lipinski definition) is 1. The lowest BCUT2D eigenvalue weighted by Gasteiger charge is -2.31. The van der Waals surface area contributed by atoms with E-state index in [1.807, 2.05) is 66.9 Å². The van der Waals surface area contributed by atoms with Gasteiger partial charge in [-0.25, -0.2) is 9.18 Å². The second-order valence-corrected chi connectivity index (χ2v) is 7.80. The van der Waals surface area contributed by atoms with Crippen LogP contribution in [0.5, 0.6) is 0 Å². The lowest BCUT2D eigenvalue weighted by Crippen LogP contribution is -2.38. The first-order valence-corrected chi connectivity index (χ1v) is 10.3. The molecule has 4 aromatic rings. The number of halogens is 2. The van der Waals surface area contributed by atoms with Gasteiger partial charge in [0, 0.05) is 11.2 Å². The fourth-order valence-electron chi connectivity index (χ4n) is 4.11. The second kappa shape index (κ2) is 7.93. The van der Waals surface area contributed by atoms with Crippen LogP contribution in [0.4, 0.5) is 14.9 Å². The summed E-state index contributed by atoms with van der Waals surface area (Å²) in [4.78, 5) is 15.2. The molecule has 154 valence electrons. The van der Waals surface area contributed by atoms with E-state index in [1.165, 1.54) is 6.07 Å². The summed E-state index contributed by atoms with van der Waals surface area (Å²) in [7, 11) is 0. The van der Waals surface area contributed by atoms with E-state index >= 15 is 0 Å². The third-order valence-electron chi connectivity index (χ3n) is 5.54. The van der Waals surface area contributed by atoms with Gasteiger partial charge >= 0.3 is 6.03 Å². The van der Waals surface area contributed by atoms with Crippen LogP contribution >= 0.6 is 11.6 Å². The van der Waals surface area contributed by atoms with Crippen molar-refractivity contribution in [1.29, 1.82) is 0 Å². The van der Waals surface area contributed by atoms with Gasteiger partial charge in [-0.3, -0.25) is 0 Å². The molecule has 0 unspecified atom stereocenters. The van der Waals surface area contributed by atoms with Gasteiger partial charge in [0.1, 0.15) is 11.9 Å². The van der Waals surface area contributed by atoms with Gasteiger partial charge in [0.15, 0.2) is 0 Å². The van der Waals surface area contributed by atoms with Gasteiger partial charge in [0.05, 0.1) is 23.6 Å². The Morgan fingerprint density at radius 3 is 2.52 bits per heavy atom.